The van der Waals surface area contributed by atoms with Gasteiger partial charge in [-0.2, -0.15) is 0 Å². The van der Waals surface area contributed by atoms with Crippen molar-refractivity contribution in [3.8, 4) is 17.2 Å². The van der Waals surface area contributed by atoms with Crippen molar-refractivity contribution in [3.05, 3.63) is 77.9 Å². The summed E-state index contributed by atoms with van der Waals surface area (Å²) in [6.07, 6.45) is 0.969. The molecule has 0 spiro atoms. The zero-order chi connectivity index (χ0) is 20.2. The lowest BCUT2D eigenvalue weighted by molar-refractivity contribution is -0.118. The number of oxazole rings is 1. The molecule has 0 aliphatic carbocycles. The molecular formula is C24H22N2O3. The minimum Gasteiger partial charge on any atom is -0.484 e. The van der Waals surface area contributed by atoms with Crippen molar-refractivity contribution in [2.45, 2.75) is 20.3 Å². The van der Waals surface area contributed by atoms with Crippen LogP contribution in [0.2, 0.25) is 0 Å². The van der Waals surface area contributed by atoms with E-state index in [1.807, 2.05) is 61.5 Å². The summed E-state index contributed by atoms with van der Waals surface area (Å²) >= 11 is 0. The van der Waals surface area contributed by atoms with E-state index in [1.54, 1.807) is 12.1 Å². The van der Waals surface area contributed by atoms with Crippen LogP contribution in [0, 0.1) is 6.92 Å². The lowest BCUT2D eigenvalue weighted by Crippen LogP contribution is -2.20. The van der Waals surface area contributed by atoms with Crippen molar-refractivity contribution in [3.63, 3.8) is 0 Å². The molecule has 1 heterocycles. The molecule has 146 valence electrons. The molecule has 5 heteroatoms. The van der Waals surface area contributed by atoms with E-state index in [-0.39, 0.29) is 12.5 Å². The monoisotopic (exact) mass is 386 g/mol. The first kappa shape index (κ1) is 18.7. The number of benzene rings is 3. The number of carbonyl (C=O) groups is 1. The molecular weight excluding hydrogens is 364 g/mol. The molecule has 4 aromatic rings. The lowest BCUT2D eigenvalue weighted by Gasteiger charge is -2.08. The van der Waals surface area contributed by atoms with Crippen molar-refractivity contribution in [1.29, 1.82) is 0 Å². The summed E-state index contributed by atoms with van der Waals surface area (Å²) in [5.74, 6) is 1.01. The first-order chi connectivity index (χ1) is 14.1. The Morgan fingerprint density at radius 3 is 2.62 bits per heavy atom. The Bertz CT molecular complexity index is 1150. The van der Waals surface area contributed by atoms with Crippen LogP contribution in [-0.2, 0) is 11.2 Å². The number of anilines is 1. The zero-order valence-electron chi connectivity index (χ0n) is 16.4. The summed E-state index contributed by atoms with van der Waals surface area (Å²) < 4.78 is 11.4. The first-order valence-electron chi connectivity index (χ1n) is 9.60. The normalized spacial score (nSPS) is 10.8. The number of ether oxygens (including phenoxy) is 1. The number of fused-ring (bicyclic) bond motifs is 1. The quantitative estimate of drug-likeness (QED) is 0.483. The average molecular weight is 386 g/mol. The summed E-state index contributed by atoms with van der Waals surface area (Å²) in [6, 6.07) is 21.1. The molecule has 1 aromatic heterocycles. The van der Waals surface area contributed by atoms with E-state index in [9.17, 15) is 4.79 Å². The molecule has 3 aromatic carbocycles. The molecule has 0 atom stereocenters. The van der Waals surface area contributed by atoms with Gasteiger partial charge in [0.15, 0.2) is 12.2 Å². The number of carbonyl (C=O) groups excluding carboxylic acids is 1. The van der Waals surface area contributed by atoms with Crippen LogP contribution >= 0.6 is 0 Å². The molecule has 0 unspecified atom stereocenters. The summed E-state index contributed by atoms with van der Waals surface area (Å²) in [7, 11) is 0. The van der Waals surface area contributed by atoms with Crippen molar-refractivity contribution in [1.82, 2.24) is 4.98 Å². The third kappa shape index (κ3) is 4.29. The van der Waals surface area contributed by atoms with Crippen LogP contribution in [0.4, 0.5) is 5.69 Å². The van der Waals surface area contributed by atoms with Crippen LogP contribution in [0.15, 0.2) is 71.1 Å². The van der Waals surface area contributed by atoms with Crippen molar-refractivity contribution in [2.24, 2.45) is 0 Å². The van der Waals surface area contributed by atoms with Crippen LogP contribution in [0.1, 0.15) is 18.1 Å². The van der Waals surface area contributed by atoms with Crippen molar-refractivity contribution in [2.75, 3.05) is 11.9 Å². The molecule has 0 saturated heterocycles. The molecule has 0 aliphatic heterocycles. The highest BCUT2D eigenvalue weighted by molar-refractivity contribution is 5.94. The van der Waals surface area contributed by atoms with Crippen molar-refractivity contribution < 1.29 is 13.9 Å². The topological polar surface area (TPSA) is 64.4 Å². The summed E-state index contributed by atoms with van der Waals surface area (Å²) in [6.45, 7) is 4.06. The van der Waals surface area contributed by atoms with Gasteiger partial charge in [0, 0.05) is 11.3 Å². The summed E-state index contributed by atoms with van der Waals surface area (Å²) in [5.41, 5.74) is 5.30. The number of aromatic nitrogens is 1. The predicted molar refractivity (Wildman–Crippen MR) is 114 cm³/mol. The molecule has 0 bridgehead atoms. The smallest absolute Gasteiger partial charge is 0.262 e. The maximum atomic E-state index is 12.2. The molecule has 29 heavy (non-hydrogen) atoms. The summed E-state index contributed by atoms with van der Waals surface area (Å²) in [4.78, 5) is 16.8. The second-order valence-corrected chi connectivity index (χ2v) is 6.85. The van der Waals surface area contributed by atoms with E-state index in [1.165, 1.54) is 5.56 Å². The lowest BCUT2D eigenvalue weighted by atomic mass is 10.1. The fraction of sp³-hybridized carbons (Fsp3) is 0.167. The number of nitrogens with one attached hydrogen (secondary N) is 1. The van der Waals surface area contributed by atoms with Crippen LogP contribution in [0.25, 0.3) is 22.6 Å². The van der Waals surface area contributed by atoms with Gasteiger partial charge in [0.25, 0.3) is 5.91 Å². The summed E-state index contributed by atoms with van der Waals surface area (Å²) in [5, 5.41) is 2.84. The Labute approximate surface area is 169 Å². The standard InChI is InChI=1S/C24H22N2O3/c1-3-17-8-11-19(12-9-17)28-15-23(27)25-18-10-13-22-21(14-18)26-24(29-22)20-7-5-4-6-16(20)2/h4-14H,3,15H2,1-2H3,(H,25,27). The third-order valence-electron chi connectivity index (χ3n) is 4.75. The SMILES string of the molecule is CCc1ccc(OCC(=O)Nc2ccc3oc(-c4ccccc4C)nc3c2)cc1. The molecule has 0 saturated carbocycles. The fourth-order valence-electron chi connectivity index (χ4n) is 3.10. The molecule has 0 aliphatic rings. The minimum absolute atomic E-state index is 0.0587. The van der Waals surface area contributed by atoms with Crippen LogP contribution in [0.5, 0.6) is 5.75 Å². The Morgan fingerprint density at radius 2 is 1.86 bits per heavy atom. The molecule has 4 rings (SSSR count). The zero-order valence-corrected chi connectivity index (χ0v) is 16.4. The van der Waals surface area contributed by atoms with Gasteiger partial charge in [-0.15, -0.1) is 0 Å². The molecule has 1 amide bonds. The molecule has 5 nitrogen and oxygen atoms in total. The van der Waals surface area contributed by atoms with Crippen LogP contribution in [-0.4, -0.2) is 17.5 Å². The Morgan fingerprint density at radius 1 is 1.07 bits per heavy atom. The first-order valence-corrected chi connectivity index (χ1v) is 9.60. The largest absolute Gasteiger partial charge is 0.484 e. The number of aryl methyl sites for hydroxylation is 2. The van der Waals surface area contributed by atoms with Gasteiger partial charge in [-0.1, -0.05) is 37.3 Å². The number of hydrogen-bond donors (Lipinski definition) is 1. The van der Waals surface area contributed by atoms with E-state index in [2.05, 4.69) is 17.2 Å². The van der Waals surface area contributed by atoms with Crippen molar-refractivity contribution >= 4 is 22.7 Å². The van der Waals surface area contributed by atoms with E-state index < -0.39 is 0 Å². The Hall–Kier alpha value is -3.60. The predicted octanol–water partition coefficient (Wildman–Crippen LogP) is 5.38. The Balaban J connectivity index is 1.43. The maximum absolute atomic E-state index is 12.2. The second kappa shape index (κ2) is 8.19. The maximum Gasteiger partial charge on any atom is 0.262 e. The fourth-order valence-corrected chi connectivity index (χ4v) is 3.10. The highest BCUT2D eigenvalue weighted by Crippen LogP contribution is 2.28. The Kier molecular flexibility index (Phi) is 5.29. The minimum atomic E-state index is -0.230. The van der Waals surface area contributed by atoms with E-state index in [4.69, 9.17) is 9.15 Å². The number of rotatable bonds is 6. The van der Waals surface area contributed by atoms with E-state index in [0.717, 1.165) is 17.5 Å². The average Bonchev–Trinajstić information content (AvgIpc) is 3.16. The van der Waals surface area contributed by atoms with Crippen LogP contribution < -0.4 is 10.1 Å². The molecule has 0 fully saturated rings. The van der Waals surface area contributed by atoms with Gasteiger partial charge in [-0.3, -0.25) is 4.79 Å². The van der Waals surface area contributed by atoms with E-state index in [0.29, 0.717) is 28.4 Å². The van der Waals surface area contributed by atoms with Gasteiger partial charge in [0.1, 0.15) is 11.3 Å². The number of nitrogens with zero attached hydrogens (tertiary/aromatic N) is 1. The third-order valence-corrected chi connectivity index (χ3v) is 4.75. The van der Waals surface area contributed by atoms with Gasteiger partial charge >= 0.3 is 0 Å². The van der Waals surface area contributed by atoms with Crippen LogP contribution in [0.3, 0.4) is 0 Å². The number of hydrogen-bond acceptors (Lipinski definition) is 4. The van der Waals surface area contributed by atoms with Gasteiger partial charge in [-0.25, -0.2) is 4.98 Å². The van der Waals surface area contributed by atoms with Gasteiger partial charge in [0.2, 0.25) is 5.89 Å². The number of amides is 1. The molecule has 0 radical (unpaired) electrons. The second-order valence-electron chi connectivity index (χ2n) is 6.85. The highest BCUT2D eigenvalue weighted by Gasteiger charge is 2.11. The highest BCUT2D eigenvalue weighted by atomic mass is 16.5. The van der Waals surface area contributed by atoms with Gasteiger partial charge in [-0.05, 0) is 60.9 Å². The van der Waals surface area contributed by atoms with Gasteiger partial charge < -0.3 is 14.5 Å². The van der Waals surface area contributed by atoms with E-state index >= 15 is 0 Å². The molecule has 1 N–H and O–H groups in total. The van der Waals surface area contributed by atoms with Gasteiger partial charge in [0.05, 0.1) is 0 Å².